The number of ether oxygens (including phenoxy) is 2. The Kier molecular flexibility index (Phi) is 8.46. The van der Waals surface area contributed by atoms with Gasteiger partial charge in [0.1, 0.15) is 17.6 Å². The number of carbonyl (C=O) groups excluding carboxylic acids is 2. The lowest BCUT2D eigenvalue weighted by Crippen LogP contribution is -2.43. The van der Waals surface area contributed by atoms with Crippen molar-refractivity contribution in [1.82, 2.24) is 10.2 Å². The quantitative estimate of drug-likeness (QED) is 0.449. The van der Waals surface area contributed by atoms with Gasteiger partial charge in [0.15, 0.2) is 11.5 Å². The van der Waals surface area contributed by atoms with E-state index in [9.17, 15) is 9.59 Å². The molecule has 0 saturated carbocycles. The van der Waals surface area contributed by atoms with Crippen LogP contribution in [0.1, 0.15) is 27.2 Å². The van der Waals surface area contributed by atoms with Crippen LogP contribution in [0.15, 0.2) is 53.4 Å². The molecule has 0 saturated heterocycles. The number of rotatable bonds is 10. The summed E-state index contributed by atoms with van der Waals surface area (Å²) in [6, 6.07) is 6.53. The van der Waals surface area contributed by atoms with Gasteiger partial charge in [-0.15, -0.1) is 0 Å². The molecule has 1 heterocycles. The summed E-state index contributed by atoms with van der Waals surface area (Å²) in [6.45, 7) is 6.52. The number of para-hydroxylation sites is 2. The summed E-state index contributed by atoms with van der Waals surface area (Å²) in [4.78, 5) is 30.9. The van der Waals surface area contributed by atoms with E-state index >= 15 is 0 Å². The highest BCUT2D eigenvalue weighted by Gasteiger charge is 2.34. The summed E-state index contributed by atoms with van der Waals surface area (Å²) in [5, 5.41) is 2.79. The topological polar surface area (TPSA) is 106 Å². The van der Waals surface area contributed by atoms with Gasteiger partial charge in [-0.05, 0) is 43.7 Å². The van der Waals surface area contributed by atoms with Crippen molar-refractivity contribution in [1.29, 1.82) is 0 Å². The fourth-order valence-electron chi connectivity index (χ4n) is 3.00. The van der Waals surface area contributed by atoms with Crippen LogP contribution in [0, 0.1) is 5.92 Å². The molecule has 0 radical (unpaired) electrons. The Morgan fingerprint density at radius 2 is 2.03 bits per heavy atom. The van der Waals surface area contributed by atoms with E-state index < -0.39 is 11.9 Å². The van der Waals surface area contributed by atoms with Crippen molar-refractivity contribution in [2.75, 3.05) is 20.2 Å². The molecule has 1 aromatic rings. The second-order valence-electron chi connectivity index (χ2n) is 7.20. The lowest BCUT2D eigenvalue weighted by molar-refractivity contribution is -0.134. The zero-order valence-electron chi connectivity index (χ0n) is 17.9. The number of aliphatic imine (C=N–C) groups is 1. The first kappa shape index (κ1) is 23.0. The molecule has 1 aliphatic heterocycles. The van der Waals surface area contributed by atoms with Crippen molar-refractivity contribution < 1.29 is 19.1 Å². The zero-order chi connectivity index (χ0) is 22.1. The molecule has 162 valence electrons. The van der Waals surface area contributed by atoms with Gasteiger partial charge in [-0.2, -0.15) is 4.99 Å². The molecule has 1 aromatic carbocycles. The minimum atomic E-state index is -0.724. The van der Waals surface area contributed by atoms with Crippen molar-refractivity contribution in [3.05, 3.63) is 48.4 Å². The van der Waals surface area contributed by atoms with Crippen molar-refractivity contribution in [2.45, 2.75) is 33.2 Å². The largest absolute Gasteiger partial charge is 0.490 e. The predicted octanol–water partition coefficient (Wildman–Crippen LogP) is 2.22. The summed E-state index contributed by atoms with van der Waals surface area (Å²) in [5.41, 5.74) is 5.78. The number of amides is 2. The van der Waals surface area contributed by atoms with Crippen LogP contribution < -0.4 is 20.5 Å². The Morgan fingerprint density at radius 3 is 2.67 bits per heavy atom. The van der Waals surface area contributed by atoms with Gasteiger partial charge in [0.05, 0.1) is 13.2 Å². The van der Waals surface area contributed by atoms with E-state index in [1.165, 1.54) is 17.1 Å². The van der Waals surface area contributed by atoms with Crippen LogP contribution in [0.5, 0.6) is 11.5 Å². The van der Waals surface area contributed by atoms with E-state index in [1.54, 1.807) is 25.4 Å². The zero-order valence-corrected chi connectivity index (χ0v) is 17.9. The Hall–Kier alpha value is -3.29. The smallest absolute Gasteiger partial charge is 0.270 e. The summed E-state index contributed by atoms with van der Waals surface area (Å²) in [7, 11) is 1.72. The first-order valence-corrected chi connectivity index (χ1v) is 9.98. The molecule has 30 heavy (non-hydrogen) atoms. The molecule has 1 atom stereocenters. The molecule has 8 heteroatoms. The normalized spacial score (nSPS) is 15.5. The average molecular weight is 415 g/mol. The van der Waals surface area contributed by atoms with Gasteiger partial charge in [0.2, 0.25) is 0 Å². The second-order valence-corrected chi connectivity index (χ2v) is 7.20. The third-order valence-corrected chi connectivity index (χ3v) is 4.30. The van der Waals surface area contributed by atoms with Crippen molar-refractivity contribution in [3.63, 3.8) is 0 Å². The lowest BCUT2D eigenvalue weighted by Gasteiger charge is -2.26. The molecule has 2 amide bonds. The van der Waals surface area contributed by atoms with Crippen molar-refractivity contribution >= 4 is 17.6 Å². The molecule has 0 aromatic heterocycles. The molecule has 1 unspecified atom stereocenters. The highest BCUT2D eigenvalue weighted by atomic mass is 16.5. The van der Waals surface area contributed by atoms with Crippen LogP contribution in [0.25, 0.3) is 0 Å². The average Bonchev–Trinajstić information content (AvgIpc) is 3.05. The predicted molar refractivity (Wildman–Crippen MR) is 116 cm³/mol. The van der Waals surface area contributed by atoms with E-state index in [4.69, 9.17) is 15.2 Å². The van der Waals surface area contributed by atoms with Gasteiger partial charge in [0.25, 0.3) is 11.8 Å². The fraction of sp³-hybridized carbons (Fsp3) is 0.409. The highest BCUT2D eigenvalue weighted by Crippen LogP contribution is 2.30. The first-order chi connectivity index (χ1) is 14.3. The standard InChI is InChI=1S/C22H30N4O4/c1-5-29-18-8-6-7-9-19(18)30-16-13-21(27)26(14-16)17(12-15(2)3)22(28)25-20(23)10-11-24-4/h6-11,13,15,17,24H,5,12,14H2,1-4H3,(H2,23,25,28). The van der Waals surface area contributed by atoms with Gasteiger partial charge in [-0.25, -0.2) is 0 Å². The monoisotopic (exact) mass is 414 g/mol. The van der Waals surface area contributed by atoms with Gasteiger partial charge >= 0.3 is 0 Å². The summed E-state index contributed by atoms with van der Waals surface area (Å²) >= 11 is 0. The van der Waals surface area contributed by atoms with Gasteiger partial charge in [-0.1, -0.05) is 26.0 Å². The summed E-state index contributed by atoms with van der Waals surface area (Å²) < 4.78 is 11.5. The second kappa shape index (κ2) is 11.0. The number of hydrogen-bond donors (Lipinski definition) is 2. The van der Waals surface area contributed by atoms with E-state index in [0.717, 1.165) is 0 Å². The SMILES string of the molecule is CCOc1ccccc1OC1=CC(=O)N(C(CC(C)C)C(=O)N=C(N)C=CNC)C1. The molecule has 0 aliphatic carbocycles. The highest BCUT2D eigenvalue weighted by molar-refractivity contribution is 6.03. The van der Waals surface area contributed by atoms with E-state index in [2.05, 4.69) is 10.3 Å². The van der Waals surface area contributed by atoms with Crippen molar-refractivity contribution in [2.24, 2.45) is 16.6 Å². The van der Waals surface area contributed by atoms with Crippen LogP contribution in [0.4, 0.5) is 0 Å². The number of carbonyl (C=O) groups is 2. The maximum atomic E-state index is 12.8. The maximum Gasteiger partial charge on any atom is 0.270 e. The third kappa shape index (κ3) is 6.37. The van der Waals surface area contributed by atoms with Crippen LogP contribution in [-0.2, 0) is 9.59 Å². The van der Waals surface area contributed by atoms with E-state index in [1.807, 2.05) is 32.9 Å². The molecule has 1 aliphatic rings. The minimum Gasteiger partial charge on any atom is -0.490 e. The Balaban J connectivity index is 2.18. The van der Waals surface area contributed by atoms with Gasteiger partial charge in [-0.3, -0.25) is 9.59 Å². The molecular weight excluding hydrogens is 384 g/mol. The number of nitrogens with one attached hydrogen (secondary N) is 1. The maximum absolute atomic E-state index is 12.8. The molecule has 2 rings (SSSR count). The lowest BCUT2D eigenvalue weighted by atomic mass is 10.0. The number of benzene rings is 1. The number of hydrogen-bond acceptors (Lipinski definition) is 5. The van der Waals surface area contributed by atoms with Gasteiger partial charge in [0, 0.05) is 13.1 Å². The third-order valence-electron chi connectivity index (χ3n) is 4.30. The minimum absolute atomic E-state index is 0.0739. The summed E-state index contributed by atoms with van der Waals surface area (Å²) in [6.07, 6.45) is 4.94. The van der Waals surface area contributed by atoms with Crippen molar-refractivity contribution in [3.8, 4) is 11.5 Å². The first-order valence-electron chi connectivity index (χ1n) is 9.98. The van der Waals surface area contributed by atoms with E-state index in [0.29, 0.717) is 30.3 Å². The Bertz CT molecular complexity index is 845. The molecule has 0 bridgehead atoms. The Labute approximate surface area is 177 Å². The van der Waals surface area contributed by atoms with Crippen LogP contribution in [0.3, 0.4) is 0 Å². The Morgan fingerprint density at radius 1 is 1.33 bits per heavy atom. The molecule has 8 nitrogen and oxygen atoms in total. The van der Waals surface area contributed by atoms with Crippen LogP contribution >= 0.6 is 0 Å². The summed E-state index contributed by atoms with van der Waals surface area (Å²) in [5.74, 6) is 1.06. The van der Waals surface area contributed by atoms with Crippen LogP contribution in [0.2, 0.25) is 0 Å². The molecule has 0 spiro atoms. The molecule has 3 N–H and O–H groups in total. The number of amidine groups is 1. The van der Waals surface area contributed by atoms with E-state index in [-0.39, 0.29) is 24.2 Å². The number of nitrogens with zero attached hydrogens (tertiary/aromatic N) is 2. The molecular formula is C22H30N4O4. The van der Waals surface area contributed by atoms with Crippen LogP contribution in [-0.4, -0.2) is 48.8 Å². The van der Waals surface area contributed by atoms with Gasteiger partial charge < -0.3 is 25.4 Å². The molecule has 0 fully saturated rings. The number of nitrogens with two attached hydrogens (primary N) is 1. The fourth-order valence-corrected chi connectivity index (χ4v) is 3.00.